The van der Waals surface area contributed by atoms with Gasteiger partial charge in [0.15, 0.2) is 17.5 Å². The minimum Gasteiger partial charge on any atom is -0.280 e. The summed E-state index contributed by atoms with van der Waals surface area (Å²) in [6.45, 7) is 0. The van der Waals surface area contributed by atoms with Crippen molar-refractivity contribution in [3.05, 3.63) is 540 Å². The molecule has 0 bridgehead atoms. The van der Waals surface area contributed by atoms with Crippen LogP contribution in [0.3, 0.4) is 0 Å². The van der Waals surface area contributed by atoms with E-state index in [1.807, 2.05) is 97.1 Å². The Morgan fingerprint density at radius 3 is 0.753 bits per heavy atom. The summed E-state index contributed by atoms with van der Waals surface area (Å²) in [5.41, 5.74) is 41.2. The minimum absolute atomic E-state index is 0.640. The van der Waals surface area contributed by atoms with Crippen molar-refractivity contribution in [2.24, 2.45) is 0 Å². The molecule has 0 unspecified atom stereocenters. The molecular weight excluding hydrogens is 1830 g/mol. The Labute approximate surface area is 866 Å². The van der Waals surface area contributed by atoms with E-state index >= 15 is 0 Å². The Balaban J connectivity index is 0.000000111. The lowest BCUT2D eigenvalue weighted by Gasteiger charge is -2.26. The second-order valence-electron chi connectivity index (χ2n) is 37.2. The zero-order chi connectivity index (χ0) is 99.3. The highest BCUT2D eigenvalue weighted by atomic mass is 15.4. The van der Waals surface area contributed by atoms with Crippen molar-refractivity contribution in [1.29, 1.82) is 0 Å². The molecule has 3 aliphatic rings. The first-order valence-electron chi connectivity index (χ1n) is 50.3. The Kier molecular flexibility index (Phi) is 22.6. The topological polar surface area (TPSA) is 141 Å². The van der Waals surface area contributed by atoms with E-state index in [1.54, 1.807) is 0 Å². The van der Waals surface area contributed by atoms with Crippen LogP contribution in [0.5, 0.6) is 0 Å². The van der Waals surface area contributed by atoms with Gasteiger partial charge in [-0.2, -0.15) is 0 Å². The SMILES string of the molecule is c1ccc(-c2cc(-c3ccccc3)nc(-c3ccc(N4c5ccccc5-c5ccccc5-n5c4nc4ccccc45)cc3)n2)cc1.c1ccc(-c2cc(-c3ccccc3)nc(-c3cccc(-c4cccc(N5c6ccccc6-c6ccccc6-n6c5nc5ccccc56)c4)c3)n2)cc1.c1ccc(-c2ccc(-c3cc(-c4ccccc4)nc(-c4ccccc4N4c5ccccc5-c5ccccc5-n5c4nc4ccccc45)n3)cc2)cc1. The van der Waals surface area contributed by atoms with E-state index in [2.05, 4.69) is 471 Å². The van der Waals surface area contributed by atoms with E-state index in [1.165, 1.54) is 16.7 Å². The summed E-state index contributed by atoms with van der Waals surface area (Å²) in [6.07, 6.45) is 0. The van der Waals surface area contributed by atoms with Crippen LogP contribution < -0.4 is 14.7 Å². The van der Waals surface area contributed by atoms with Crippen molar-refractivity contribution in [3.63, 3.8) is 0 Å². The highest BCUT2D eigenvalue weighted by Gasteiger charge is 2.35. The molecule has 0 saturated heterocycles. The highest BCUT2D eigenvalue weighted by Crippen LogP contribution is 2.54. The van der Waals surface area contributed by atoms with E-state index < -0.39 is 0 Å². The summed E-state index contributed by atoms with van der Waals surface area (Å²) in [5.74, 6) is 4.51. The monoisotopic (exact) mass is 1920 g/mol. The summed E-state index contributed by atoms with van der Waals surface area (Å²) < 4.78 is 6.85. The van der Waals surface area contributed by atoms with Gasteiger partial charge < -0.3 is 0 Å². The molecule has 0 amide bonds. The number of rotatable bonds is 14. The molecule has 0 fully saturated rings. The molecule has 26 aromatic rings. The predicted molar refractivity (Wildman–Crippen MR) is 611 cm³/mol. The molecule has 29 rings (SSSR count). The van der Waals surface area contributed by atoms with Gasteiger partial charge in [0.2, 0.25) is 17.8 Å². The number of anilines is 9. The number of aromatic nitrogens is 12. The van der Waals surface area contributed by atoms with Crippen LogP contribution in [0.25, 0.3) is 208 Å². The second-order valence-corrected chi connectivity index (χ2v) is 37.2. The molecule has 0 atom stereocenters. The van der Waals surface area contributed by atoms with Gasteiger partial charge in [-0.05, 0) is 168 Å². The van der Waals surface area contributed by atoms with Gasteiger partial charge in [-0.25, -0.2) is 44.9 Å². The fourth-order valence-electron chi connectivity index (χ4n) is 21.0. The molecule has 150 heavy (non-hydrogen) atoms. The van der Waals surface area contributed by atoms with Crippen LogP contribution in [-0.2, 0) is 0 Å². The standard InChI is InChI=1S/2C47H31N5.C41H27N5/c1-3-15-32(16-4-1)33-27-29-35(30-28-33)41-31-40(34-17-5-2-6-18-34)48-46(49-41)38-21-9-13-25-44(38)51-42-23-11-7-19-36(42)37-20-8-12-24-43(37)52-45-26-14-10-22-39(45)50-47(51)52;1-3-15-32(16-4-1)41-31-42(33-17-5-2-6-18-33)49-46(48-41)36-21-13-19-34(29-36)35-20-14-22-37(30-35)51-43-26-10-7-23-38(43)39-24-8-11-27-44(39)52-45-28-12-9-25-40(45)50-47(51)52;1-3-13-28(14-4-1)35-27-36(29-15-5-2-6-16-29)43-40(42-35)30-23-25-31(26-24-30)45-37-20-10-7-17-32(37)33-18-8-11-21-38(33)46-39-22-12-9-19-34(39)44-41(45)46/h2*1-31H;1-27H. The number of benzene rings is 20. The summed E-state index contributed by atoms with van der Waals surface area (Å²) in [7, 11) is 0. The maximum absolute atomic E-state index is 5.32. The van der Waals surface area contributed by atoms with Crippen molar-refractivity contribution < 1.29 is 0 Å². The molecule has 6 aromatic heterocycles. The zero-order valence-electron chi connectivity index (χ0n) is 81.1. The van der Waals surface area contributed by atoms with Gasteiger partial charge in [0, 0.05) is 94.8 Å². The maximum Gasteiger partial charge on any atom is 0.220 e. The third kappa shape index (κ3) is 16.3. The van der Waals surface area contributed by atoms with Crippen LogP contribution >= 0.6 is 0 Å². The van der Waals surface area contributed by atoms with E-state index in [0.717, 1.165) is 225 Å². The predicted octanol–water partition coefficient (Wildman–Crippen LogP) is 34.1. The molecule has 0 N–H and O–H groups in total. The number of fused-ring (bicyclic) bond motifs is 21. The van der Waals surface area contributed by atoms with Gasteiger partial charge in [0.1, 0.15) is 0 Å². The molecule has 3 aliphatic heterocycles. The first-order chi connectivity index (χ1) is 74.4. The fraction of sp³-hybridized carbons (Fsp3) is 0. The lowest BCUT2D eigenvalue weighted by molar-refractivity contribution is 1.05. The first kappa shape index (κ1) is 88.4. The van der Waals surface area contributed by atoms with Crippen molar-refractivity contribution in [1.82, 2.24) is 58.6 Å². The average molecular weight is 1920 g/mol. The van der Waals surface area contributed by atoms with Crippen molar-refractivity contribution in [3.8, 4) is 174 Å². The van der Waals surface area contributed by atoms with E-state index in [9.17, 15) is 0 Å². The van der Waals surface area contributed by atoms with Gasteiger partial charge in [0.25, 0.3) is 0 Å². The summed E-state index contributed by atoms with van der Waals surface area (Å²) in [5, 5.41) is 0. The summed E-state index contributed by atoms with van der Waals surface area (Å²) >= 11 is 0. The Morgan fingerprint density at radius 2 is 0.367 bits per heavy atom. The Hall–Kier alpha value is -20.6. The van der Waals surface area contributed by atoms with Gasteiger partial charge in [-0.3, -0.25) is 28.4 Å². The molecular formula is C135H89N15. The smallest absolute Gasteiger partial charge is 0.220 e. The zero-order valence-corrected chi connectivity index (χ0v) is 81.1. The van der Waals surface area contributed by atoms with Crippen molar-refractivity contribution >= 4 is 85.1 Å². The molecule has 15 nitrogen and oxygen atoms in total. The highest BCUT2D eigenvalue weighted by molar-refractivity contribution is 6.02. The third-order valence-electron chi connectivity index (χ3n) is 28.1. The van der Waals surface area contributed by atoms with Gasteiger partial charge >= 0.3 is 0 Å². The molecule has 9 heterocycles. The molecule has 704 valence electrons. The number of nitrogens with zero attached hydrogens (tertiary/aromatic N) is 15. The number of hydrogen-bond acceptors (Lipinski definition) is 12. The van der Waals surface area contributed by atoms with E-state index in [-0.39, 0.29) is 0 Å². The van der Waals surface area contributed by atoms with Crippen molar-refractivity contribution in [2.45, 2.75) is 0 Å². The minimum atomic E-state index is 0.640. The lowest BCUT2D eigenvalue weighted by Crippen LogP contribution is -2.15. The summed E-state index contributed by atoms with van der Waals surface area (Å²) in [6, 6.07) is 188. The number of hydrogen-bond donors (Lipinski definition) is 0. The lowest BCUT2D eigenvalue weighted by atomic mass is 10.00. The summed E-state index contributed by atoms with van der Waals surface area (Å²) in [4.78, 5) is 53.5. The van der Waals surface area contributed by atoms with Crippen LogP contribution in [0.1, 0.15) is 0 Å². The third-order valence-corrected chi connectivity index (χ3v) is 28.1. The largest absolute Gasteiger partial charge is 0.280 e. The number of para-hydroxylation sites is 13. The quantitative estimate of drug-likeness (QED) is 0.102. The second kappa shape index (κ2) is 38.3. The molecule has 0 radical (unpaired) electrons. The van der Waals surface area contributed by atoms with E-state index in [4.69, 9.17) is 44.9 Å². The Bertz CT molecular complexity index is 9480. The van der Waals surface area contributed by atoms with Gasteiger partial charge in [-0.15, -0.1) is 0 Å². The van der Waals surface area contributed by atoms with Crippen LogP contribution in [0, 0.1) is 0 Å². The van der Waals surface area contributed by atoms with Gasteiger partial charge in [0.05, 0.1) is 107 Å². The number of imidazole rings is 3. The molecule has 0 saturated carbocycles. The van der Waals surface area contributed by atoms with Crippen LogP contribution in [0.2, 0.25) is 0 Å². The van der Waals surface area contributed by atoms with Crippen molar-refractivity contribution in [2.75, 3.05) is 14.7 Å². The molecule has 15 heteroatoms. The molecule has 20 aromatic carbocycles. The average Bonchev–Trinajstić information content (AvgIpc) is 1.57. The van der Waals surface area contributed by atoms with Crippen LogP contribution in [-0.4, -0.2) is 58.6 Å². The normalized spacial score (nSPS) is 11.8. The van der Waals surface area contributed by atoms with Crippen LogP contribution in [0.4, 0.5) is 52.0 Å². The first-order valence-corrected chi connectivity index (χ1v) is 50.3. The molecule has 0 aliphatic carbocycles. The van der Waals surface area contributed by atoms with Gasteiger partial charge in [-0.1, -0.05) is 394 Å². The molecule has 0 spiro atoms. The van der Waals surface area contributed by atoms with E-state index in [0.29, 0.717) is 17.5 Å². The Morgan fingerprint density at radius 1 is 0.127 bits per heavy atom. The maximum atomic E-state index is 5.32. The fourth-order valence-corrected chi connectivity index (χ4v) is 21.0. The van der Waals surface area contributed by atoms with Crippen LogP contribution in [0.15, 0.2) is 540 Å².